The van der Waals surface area contributed by atoms with Crippen LogP contribution in [0.1, 0.15) is 0 Å². The molecule has 0 amide bonds. The van der Waals surface area contributed by atoms with Gasteiger partial charge in [-0.3, -0.25) is 0 Å². The van der Waals surface area contributed by atoms with Crippen LogP contribution in [0, 0.1) is 24.7 Å². The average Bonchev–Trinajstić information content (AvgIpc) is 2.60. The van der Waals surface area contributed by atoms with Gasteiger partial charge < -0.3 is 10.2 Å². The molecule has 2 N–H and O–H groups in total. The van der Waals surface area contributed by atoms with Crippen molar-refractivity contribution in [1.29, 1.82) is 0 Å². The fourth-order valence-corrected chi connectivity index (χ4v) is 1.57. The Balaban J connectivity index is 0.000000243. The van der Waals surface area contributed by atoms with Crippen LogP contribution in [0.5, 0.6) is 0 Å². The number of carboxylic acids is 2. The summed E-state index contributed by atoms with van der Waals surface area (Å²) in [5, 5.41) is 15.0. The van der Waals surface area contributed by atoms with Gasteiger partial charge in [-0.1, -0.05) is 24.3 Å². The molecular formula is C18H12N2O4. The Labute approximate surface area is 137 Å². The van der Waals surface area contributed by atoms with Crippen molar-refractivity contribution in [2.45, 2.75) is 0 Å². The van der Waals surface area contributed by atoms with Gasteiger partial charge in [-0.15, -0.1) is 12.8 Å². The monoisotopic (exact) mass is 320 g/mol. The summed E-state index contributed by atoms with van der Waals surface area (Å²) in [7, 11) is 0. The molecule has 1 aromatic heterocycles. The number of benzene rings is 2. The smallest absolute Gasteiger partial charge is 0.381 e. The van der Waals surface area contributed by atoms with Gasteiger partial charge >= 0.3 is 11.9 Å². The van der Waals surface area contributed by atoms with Crippen molar-refractivity contribution >= 4 is 34.0 Å². The van der Waals surface area contributed by atoms with Gasteiger partial charge in [0.2, 0.25) is 0 Å². The molecule has 0 spiro atoms. The fourth-order valence-electron chi connectivity index (χ4n) is 1.57. The van der Waals surface area contributed by atoms with E-state index in [9.17, 15) is 0 Å². The molecule has 1 heterocycles. The van der Waals surface area contributed by atoms with Crippen molar-refractivity contribution in [3.8, 4) is 24.7 Å². The largest absolute Gasteiger partial charge is 0.472 e. The van der Waals surface area contributed by atoms with Crippen molar-refractivity contribution in [1.82, 2.24) is 9.97 Å². The number of aromatic nitrogens is 2. The SMILES string of the molecule is C#CC(=O)O.C#CC(=O)O.c1ccc2nc3ccccc3nc2c1. The van der Waals surface area contributed by atoms with Crippen LogP contribution in [-0.2, 0) is 9.59 Å². The van der Waals surface area contributed by atoms with E-state index in [1.54, 1.807) is 0 Å². The number of rotatable bonds is 0. The molecule has 0 bridgehead atoms. The van der Waals surface area contributed by atoms with Crippen molar-refractivity contribution in [3.63, 3.8) is 0 Å². The van der Waals surface area contributed by atoms with Crippen LogP contribution in [0.4, 0.5) is 0 Å². The first-order chi connectivity index (χ1) is 11.5. The van der Waals surface area contributed by atoms with E-state index >= 15 is 0 Å². The van der Waals surface area contributed by atoms with Crippen molar-refractivity contribution in [3.05, 3.63) is 48.5 Å². The summed E-state index contributed by atoms with van der Waals surface area (Å²) >= 11 is 0. The summed E-state index contributed by atoms with van der Waals surface area (Å²) in [6, 6.07) is 15.8. The number of fused-ring (bicyclic) bond motifs is 2. The van der Waals surface area contributed by atoms with Gasteiger partial charge in [0.1, 0.15) is 0 Å². The Bertz CT molecular complexity index is 823. The van der Waals surface area contributed by atoms with Gasteiger partial charge in [0.15, 0.2) is 0 Å². The molecule has 0 unspecified atom stereocenters. The van der Waals surface area contributed by atoms with Gasteiger partial charge in [0.05, 0.1) is 22.1 Å². The second kappa shape index (κ2) is 9.19. The fraction of sp³-hybridized carbons (Fsp3) is 0. The number of carbonyl (C=O) groups is 2. The third-order valence-corrected chi connectivity index (χ3v) is 2.49. The van der Waals surface area contributed by atoms with Crippen LogP contribution in [0.2, 0.25) is 0 Å². The molecule has 0 saturated carbocycles. The van der Waals surface area contributed by atoms with Crippen LogP contribution in [0.25, 0.3) is 22.1 Å². The minimum atomic E-state index is -1.22. The molecule has 0 aliphatic carbocycles. The Morgan fingerprint density at radius 3 is 1.08 bits per heavy atom. The first-order valence-corrected chi connectivity index (χ1v) is 6.48. The van der Waals surface area contributed by atoms with E-state index < -0.39 is 11.9 Å². The lowest BCUT2D eigenvalue weighted by atomic mass is 10.2. The van der Waals surface area contributed by atoms with Crippen molar-refractivity contribution < 1.29 is 19.8 Å². The summed E-state index contributed by atoms with van der Waals surface area (Å²) < 4.78 is 0. The summed E-state index contributed by atoms with van der Waals surface area (Å²) in [5.74, 6) is 0.454. The van der Waals surface area contributed by atoms with Crippen molar-refractivity contribution in [2.75, 3.05) is 0 Å². The average molecular weight is 320 g/mol. The Morgan fingerprint density at radius 1 is 0.708 bits per heavy atom. The van der Waals surface area contributed by atoms with E-state index in [2.05, 4.69) is 22.8 Å². The number of carboxylic acid groups (broad SMARTS) is 2. The molecule has 0 saturated heterocycles. The van der Waals surface area contributed by atoms with Crippen LogP contribution < -0.4 is 0 Å². The second-order valence-electron chi connectivity index (χ2n) is 4.10. The zero-order valence-corrected chi connectivity index (χ0v) is 12.4. The van der Waals surface area contributed by atoms with E-state index in [4.69, 9.17) is 19.8 Å². The Morgan fingerprint density at radius 2 is 0.917 bits per heavy atom. The number of para-hydroxylation sites is 4. The number of hydrogen-bond acceptors (Lipinski definition) is 4. The molecule has 6 nitrogen and oxygen atoms in total. The first kappa shape index (κ1) is 18.1. The third-order valence-electron chi connectivity index (χ3n) is 2.49. The molecule has 0 radical (unpaired) electrons. The van der Waals surface area contributed by atoms with Gasteiger partial charge in [-0.05, 0) is 24.3 Å². The highest BCUT2D eigenvalue weighted by Gasteiger charge is 1.98. The quantitative estimate of drug-likeness (QED) is 0.486. The molecular weight excluding hydrogens is 308 g/mol. The van der Waals surface area contributed by atoms with Gasteiger partial charge in [-0.2, -0.15) is 0 Å². The maximum Gasteiger partial charge on any atom is 0.381 e. The molecule has 3 aromatic rings. The molecule has 0 aliphatic rings. The zero-order chi connectivity index (χ0) is 17.9. The van der Waals surface area contributed by atoms with Crippen molar-refractivity contribution in [2.24, 2.45) is 0 Å². The molecule has 3 rings (SSSR count). The van der Waals surface area contributed by atoms with E-state index in [0.717, 1.165) is 22.1 Å². The Kier molecular flexibility index (Phi) is 6.95. The number of aliphatic carboxylic acids is 2. The molecule has 118 valence electrons. The lowest BCUT2D eigenvalue weighted by Crippen LogP contribution is -1.85. The maximum atomic E-state index is 9.13. The highest BCUT2D eigenvalue weighted by atomic mass is 16.4. The van der Waals surface area contributed by atoms with E-state index in [1.807, 2.05) is 48.5 Å². The molecule has 2 aromatic carbocycles. The lowest BCUT2D eigenvalue weighted by molar-refractivity contribution is -0.131. The minimum absolute atomic E-state index is 0.950. The summed E-state index contributed by atoms with van der Waals surface area (Å²) in [5.41, 5.74) is 3.80. The topological polar surface area (TPSA) is 100 Å². The lowest BCUT2D eigenvalue weighted by Gasteiger charge is -1.98. The minimum Gasteiger partial charge on any atom is -0.472 e. The van der Waals surface area contributed by atoms with E-state index in [-0.39, 0.29) is 0 Å². The van der Waals surface area contributed by atoms with E-state index in [0.29, 0.717) is 0 Å². The third kappa shape index (κ3) is 5.84. The summed E-state index contributed by atoms with van der Waals surface area (Å²) in [6.45, 7) is 0. The second-order valence-corrected chi connectivity index (χ2v) is 4.10. The highest BCUT2D eigenvalue weighted by molar-refractivity contribution is 5.86. The van der Waals surface area contributed by atoms with Crippen LogP contribution >= 0.6 is 0 Å². The first-order valence-electron chi connectivity index (χ1n) is 6.48. The normalized spacial score (nSPS) is 8.58. The van der Waals surface area contributed by atoms with Crippen LogP contribution in [0.3, 0.4) is 0 Å². The molecule has 0 fully saturated rings. The predicted molar refractivity (Wildman–Crippen MR) is 90.0 cm³/mol. The molecule has 6 heteroatoms. The Hall–Kier alpha value is -3.90. The molecule has 0 aliphatic heterocycles. The van der Waals surface area contributed by atoms with Gasteiger partial charge in [0, 0.05) is 11.8 Å². The molecule has 0 atom stereocenters. The maximum absolute atomic E-state index is 9.13. The summed E-state index contributed by atoms with van der Waals surface area (Å²) in [6.07, 6.45) is 8.64. The van der Waals surface area contributed by atoms with Crippen LogP contribution in [0.15, 0.2) is 48.5 Å². The zero-order valence-electron chi connectivity index (χ0n) is 12.4. The van der Waals surface area contributed by atoms with E-state index in [1.165, 1.54) is 11.8 Å². The van der Waals surface area contributed by atoms with Crippen LogP contribution in [-0.4, -0.2) is 32.1 Å². The predicted octanol–water partition coefficient (Wildman–Crippen LogP) is 2.19. The summed E-state index contributed by atoms with van der Waals surface area (Å²) in [4.78, 5) is 27.3. The van der Waals surface area contributed by atoms with Gasteiger partial charge in [0.25, 0.3) is 0 Å². The number of terminal acetylenes is 2. The number of nitrogens with zero attached hydrogens (tertiary/aromatic N) is 2. The number of hydrogen-bond donors (Lipinski definition) is 2. The van der Waals surface area contributed by atoms with Gasteiger partial charge in [-0.25, -0.2) is 19.6 Å². The highest BCUT2D eigenvalue weighted by Crippen LogP contribution is 2.14. The standard InChI is InChI=1S/C12H8N2.2C3H2O2/c1-2-6-10-9(5-1)13-11-7-3-4-8-12(11)14-10;2*1-2-3(4)5/h1-8H;2*1H,(H,4,5). The molecule has 24 heavy (non-hydrogen) atoms.